The molecule has 2 aromatic heterocycles. The van der Waals surface area contributed by atoms with Gasteiger partial charge in [-0.25, -0.2) is 4.52 Å². The lowest BCUT2D eigenvalue weighted by Crippen LogP contribution is -2.19. The Kier molecular flexibility index (Phi) is 2.57. The molecule has 1 N–H and O–H groups in total. The van der Waals surface area contributed by atoms with E-state index in [-0.39, 0.29) is 0 Å². The van der Waals surface area contributed by atoms with E-state index >= 15 is 0 Å². The maximum Gasteiger partial charge on any atom is 0.0902 e. The van der Waals surface area contributed by atoms with Crippen LogP contribution >= 0.6 is 0 Å². The van der Waals surface area contributed by atoms with Crippen LogP contribution in [0.5, 0.6) is 0 Å². The van der Waals surface area contributed by atoms with Crippen LogP contribution in [0, 0.1) is 0 Å². The average Bonchev–Trinajstić information content (AvgIpc) is 2.88. The Bertz CT molecular complexity index is 765. The number of hydrogen-bond donors (Lipinski definition) is 1. The SMILES string of the molecule is OC(CC1Cc2ccccc21)c1cnn2ccncc12. The quantitative estimate of drug-likeness (QED) is 0.791. The summed E-state index contributed by atoms with van der Waals surface area (Å²) in [5.41, 5.74) is 4.53. The zero-order chi connectivity index (χ0) is 13.5. The highest BCUT2D eigenvalue weighted by atomic mass is 16.3. The van der Waals surface area contributed by atoms with Crippen LogP contribution in [-0.4, -0.2) is 19.7 Å². The first-order valence-electron chi connectivity index (χ1n) is 6.86. The lowest BCUT2D eigenvalue weighted by molar-refractivity contribution is 0.155. The van der Waals surface area contributed by atoms with Gasteiger partial charge in [0.05, 0.1) is 24.0 Å². The van der Waals surface area contributed by atoms with Gasteiger partial charge in [0, 0.05) is 18.0 Å². The van der Waals surface area contributed by atoms with E-state index in [9.17, 15) is 5.11 Å². The van der Waals surface area contributed by atoms with Crippen molar-refractivity contribution in [2.24, 2.45) is 0 Å². The molecular formula is C16H15N3O. The molecule has 4 rings (SSSR count). The third-order valence-corrected chi connectivity index (χ3v) is 4.18. The van der Waals surface area contributed by atoms with Gasteiger partial charge in [0.2, 0.25) is 0 Å². The van der Waals surface area contributed by atoms with E-state index in [0.717, 1.165) is 23.9 Å². The van der Waals surface area contributed by atoms with Gasteiger partial charge < -0.3 is 5.11 Å². The number of fused-ring (bicyclic) bond motifs is 2. The third kappa shape index (κ3) is 1.72. The Morgan fingerprint density at radius 1 is 1.30 bits per heavy atom. The summed E-state index contributed by atoms with van der Waals surface area (Å²) in [6.07, 6.45) is 8.29. The van der Waals surface area contributed by atoms with Crippen molar-refractivity contribution in [1.82, 2.24) is 14.6 Å². The van der Waals surface area contributed by atoms with E-state index < -0.39 is 6.10 Å². The summed E-state index contributed by atoms with van der Waals surface area (Å²) in [4.78, 5) is 4.11. The highest BCUT2D eigenvalue weighted by Crippen LogP contribution is 2.41. The second-order valence-corrected chi connectivity index (χ2v) is 5.36. The van der Waals surface area contributed by atoms with Gasteiger partial charge in [-0.2, -0.15) is 5.10 Å². The predicted molar refractivity (Wildman–Crippen MR) is 75.5 cm³/mol. The molecule has 0 aliphatic heterocycles. The number of aromatic nitrogens is 3. The Hall–Kier alpha value is -2.20. The van der Waals surface area contributed by atoms with Gasteiger partial charge in [-0.15, -0.1) is 0 Å². The Morgan fingerprint density at radius 3 is 3.10 bits per heavy atom. The van der Waals surface area contributed by atoms with Crippen LogP contribution in [0.15, 0.2) is 49.1 Å². The van der Waals surface area contributed by atoms with Gasteiger partial charge in [-0.1, -0.05) is 24.3 Å². The van der Waals surface area contributed by atoms with Crippen molar-refractivity contribution in [3.05, 3.63) is 65.7 Å². The number of rotatable bonds is 3. The first-order chi connectivity index (χ1) is 9.83. The summed E-state index contributed by atoms with van der Waals surface area (Å²) in [6.45, 7) is 0. The van der Waals surface area contributed by atoms with E-state index in [1.807, 2.05) is 0 Å². The highest BCUT2D eigenvalue weighted by Gasteiger charge is 2.28. The molecule has 0 radical (unpaired) electrons. The lowest BCUT2D eigenvalue weighted by atomic mass is 9.74. The first kappa shape index (κ1) is 11.6. The Morgan fingerprint density at radius 2 is 2.20 bits per heavy atom. The maximum atomic E-state index is 10.5. The van der Waals surface area contributed by atoms with Gasteiger partial charge in [0.25, 0.3) is 0 Å². The standard InChI is InChI=1S/C16H15N3O/c20-16(8-12-7-11-3-1-2-4-13(11)12)14-9-18-19-6-5-17-10-15(14)19/h1-6,9-10,12,16,20H,7-8H2. The smallest absolute Gasteiger partial charge is 0.0902 e. The monoisotopic (exact) mass is 265 g/mol. The molecule has 0 saturated carbocycles. The van der Waals surface area contributed by atoms with E-state index in [4.69, 9.17) is 0 Å². The number of nitrogens with zero attached hydrogens (tertiary/aromatic N) is 3. The van der Waals surface area contributed by atoms with E-state index in [1.54, 1.807) is 29.3 Å². The normalized spacial score (nSPS) is 18.6. The topological polar surface area (TPSA) is 50.4 Å². The largest absolute Gasteiger partial charge is 0.388 e. The van der Waals surface area contributed by atoms with E-state index in [0.29, 0.717) is 5.92 Å². The molecule has 1 aliphatic rings. The van der Waals surface area contributed by atoms with Crippen LogP contribution in [0.2, 0.25) is 0 Å². The van der Waals surface area contributed by atoms with Crippen molar-refractivity contribution < 1.29 is 5.11 Å². The molecule has 2 unspecified atom stereocenters. The zero-order valence-corrected chi connectivity index (χ0v) is 11.0. The summed E-state index contributed by atoms with van der Waals surface area (Å²) < 4.78 is 1.75. The van der Waals surface area contributed by atoms with Crippen LogP contribution in [-0.2, 0) is 6.42 Å². The second kappa shape index (κ2) is 4.42. The minimum Gasteiger partial charge on any atom is -0.388 e. The van der Waals surface area contributed by atoms with Gasteiger partial charge in [-0.3, -0.25) is 4.98 Å². The Balaban J connectivity index is 1.58. The number of hydrogen-bond acceptors (Lipinski definition) is 3. The molecule has 1 aromatic carbocycles. The van der Waals surface area contributed by atoms with Gasteiger partial charge in [0.1, 0.15) is 0 Å². The van der Waals surface area contributed by atoms with Crippen LogP contribution in [0.25, 0.3) is 5.52 Å². The summed E-state index contributed by atoms with van der Waals surface area (Å²) in [7, 11) is 0. The number of benzene rings is 1. The molecule has 20 heavy (non-hydrogen) atoms. The number of aliphatic hydroxyl groups excluding tert-OH is 1. The molecule has 4 heteroatoms. The molecule has 0 bridgehead atoms. The fraction of sp³-hybridized carbons (Fsp3) is 0.250. The van der Waals surface area contributed by atoms with Crippen molar-refractivity contribution in [1.29, 1.82) is 0 Å². The molecule has 2 heterocycles. The van der Waals surface area contributed by atoms with Crippen molar-refractivity contribution in [3.63, 3.8) is 0 Å². The lowest BCUT2D eigenvalue weighted by Gasteiger charge is -2.31. The summed E-state index contributed by atoms with van der Waals surface area (Å²) in [5, 5.41) is 14.7. The highest BCUT2D eigenvalue weighted by molar-refractivity contribution is 5.53. The molecule has 3 aromatic rings. The molecule has 0 fully saturated rings. The maximum absolute atomic E-state index is 10.5. The molecular weight excluding hydrogens is 250 g/mol. The summed E-state index contributed by atoms with van der Waals surface area (Å²) in [5.74, 6) is 0.452. The van der Waals surface area contributed by atoms with Crippen molar-refractivity contribution in [2.45, 2.75) is 24.9 Å². The van der Waals surface area contributed by atoms with Crippen LogP contribution in [0.4, 0.5) is 0 Å². The van der Waals surface area contributed by atoms with Crippen LogP contribution < -0.4 is 0 Å². The minimum absolute atomic E-state index is 0.452. The average molecular weight is 265 g/mol. The third-order valence-electron chi connectivity index (χ3n) is 4.18. The zero-order valence-electron chi connectivity index (χ0n) is 11.0. The second-order valence-electron chi connectivity index (χ2n) is 5.36. The van der Waals surface area contributed by atoms with Gasteiger partial charge in [0.15, 0.2) is 0 Å². The molecule has 2 atom stereocenters. The van der Waals surface area contributed by atoms with Crippen LogP contribution in [0.1, 0.15) is 35.1 Å². The van der Waals surface area contributed by atoms with Crippen molar-refractivity contribution in [2.75, 3.05) is 0 Å². The molecule has 4 nitrogen and oxygen atoms in total. The summed E-state index contributed by atoms with van der Waals surface area (Å²) in [6, 6.07) is 8.46. The molecule has 1 aliphatic carbocycles. The molecule has 0 spiro atoms. The predicted octanol–water partition coefficient (Wildman–Crippen LogP) is 2.49. The van der Waals surface area contributed by atoms with E-state index in [2.05, 4.69) is 34.3 Å². The molecule has 0 saturated heterocycles. The summed E-state index contributed by atoms with van der Waals surface area (Å²) >= 11 is 0. The van der Waals surface area contributed by atoms with Gasteiger partial charge in [-0.05, 0) is 29.9 Å². The minimum atomic E-state index is -0.491. The fourth-order valence-electron chi connectivity index (χ4n) is 3.08. The van der Waals surface area contributed by atoms with Gasteiger partial charge >= 0.3 is 0 Å². The molecule has 0 amide bonds. The van der Waals surface area contributed by atoms with Crippen LogP contribution in [0.3, 0.4) is 0 Å². The first-order valence-corrected chi connectivity index (χ1v) is 6.86. The Labute approximate surface area is 116 Å². The number of aliphatic hydroxyl groups is 1. The van der Waals surface area contributed by atoms with Crippen molar-refractivity contribution >= 4 is 5.52 Å². The van der Waals surface area contributed by atoms with E-state index in [1.165, 1.54) is 11.1 Å². The molecule has 100 valence electrons. The van der Waals surface area contributed by atoms with Crippen molar-refractivity contribution in [3.8, 4) is 0 Å². The fourth-order valence-corrected chi connectivity index (χ4v) is 3.08.